The highest BCUT2D eigenvalue weighted by molar-refractivity contribution is 6.02. The van der Waals surface area contributed by atoms with Crippen molar-refractivity contribution >= 4 is 11.4 Å². The molecule has 0 radical (unpaired) electrons. The van der Waals surface area contributed by atoms with E-state index < -0.39 is 25.3 Å². The summed E-state index contributed by atoms with van der Waals surface area (Å²) in [6, 6.07) is 6.28. The van der Waals surface area contributed by atoms with Gasteiger partial charge in [-0.1, -0.05) is 42.5 Å². The summed E-state index contributed by atoms with van der Waals surface area (Å²) in [5, 5.41) is 8.44. The number of nitrogens with zero attached hydrogens (tertiary/aromatic N) is 2. The van der Waals surface area contributed by atoms with E-state index in [4.69, 9.17) is 10.1 Å². The number of aromatic nitrogens is 1. The van der Waals surface area contributed by atoms with E-state index in [1.165, 1.54) is 24.4 Å². The Morgan fingerprint density at radius 3 is 2.65 bits per heavy atom. The molecule has 0 aliphatic carbocycles. The molecule has 0 saturated carbocycles. The standard InChI is InChI=1S/C25H24F5N3O/c1-3-16(10-15(2)4-7-21(27)28)17-5-6-18(20(26)11-17)12-33-13-19-8-9-32-25(23(19)24(33)31)34-14-22(29)30/h3-6,8-11,21-22,31H,1,7,12-14H2,2H3/b15-4+,16-10+,31-24?. The maximum atomic E-state index is 14.9. The Kier molecular flexibility index (Phi) is 8.20. The number of fused-ring (bicyclic) bond motifs is 1. The molecule has 180 valence electrons. The number of nitrogens with one attached hydrogen (secondary N) is 1. The number of rotatable bonds is 10. The molecule has 9 heteroatoms. The summed E-state index contributed by atoms with van der Waals surface area (Å²) in [6.07, 6.45) is 0.533. The van der Waals surface area contributed by atoms with Crippen LogP contribution in [0, 0.1) is 11.2 Å². The molecule has 0 amide bonds. The van der Waals surface area contributed by atoms with E-state index in [9.17, 15) is 22.0 Å². The first-order valence-corrected chi connectivity index (χ1v) is 10.5. The van der Waals surface area contributed by atoms with Gasteiger partial charge in [-0.05, 0) is 35.8 Å². The molecule has 4 nitrogen and oxygen atoms in total. The van der Waals surface area contributed by atoms with E-state index in [0.29, 0.717) is 33.4 Å². The second-order valence-electron chi connectivity index (χ2n) is 7.74. The van der Waals surface area contributed by atoms with Crippen molar-refractivity contribution < 1.29 is 26.7 Å². The topological polar surface area (TPSA) is 49.2 Å². The molecule has 0 fully saturated rings. The SMILES string of the molecule is C=C/C(=C\C(C)=C\CC(F)F)c1ccc(CN2Cc3ccnc(OCC(F)F)c3C2=N)c(F)c1. The predicted octanol–water partition coefficient (Wildman–Crippen LogP) is 6.38. The number of hydrogen-bond acceptors (Lipinski definition) is 3. The van der Waals surface area contributed by atoms with Gasteiger partial charge in [0.05, 0.1) is 5.56 Å². The molecule has 0 bridgehead atoms. The van der Waals surface area contributed by atoms with E-state index in [0.717, 1.165) is 0 Å². The first-order chi connectivity index (χ1) is 16.2. The number of ether oxygens (including phenoxy) is 1. The third-order valence-corrected chi connectivity index (χ3v) is 5.23. The van der Waals surface area contributed by atoms with Gasteiger partial charge in [0.25, 0.3) is 6.43 Å². The van der Waals surface area contributed by atoms with Crippen LogP contribution in [-0.2, 0) is 13.1 Å². The zero-order valence-corrected chi connectivity index (χ0v) is 18.5. The zero-order valence-electron chi connectivity index (χ0n) is 18.5. The highest BCUT2D eigenvalue weighted by Gasteiger charge is 2.29. The van der Waals surface area contributed by atoms with Crippen molar-refractivity contribution in [1.82, 2.24) is 9.88 Å². The van der Waals surface area contributed by atoms with Gasteiger partial charge in [0.2, 0.25) is 12.3 Å². The summed E-state index contributed by atoms with van der Waals surface area (Å²) >= 11 is 0. The molecule has 1 aromatic carbocycles. The van der Waals surface area contributed by atoms with Crippen LogP contribution in [0.3, 0.4) is 0 Å². The third kappa shape index (κ3) is 6.09. The summed E-state index contributed by atoms with van der Waals surface area (Å²) in [4.78, 5) is 5.56. The molecule has 0 unspecified atom stereocenters. The fourth-order valence-corrected chi connectivity index (χ4v) is 3.59. The average Bonchev–Trinajstić information content (AvgIpc) is 3.11. The van der Waals surface area contributed by atoms with Crippen molar-refractivity contribution in [1.29, 1.82) is 5.41 Å². The van der Waals surface area contributed by atoms with E-state index in [1.807, 2.05) is 0 Å². The van der Waals surface area contributed by atoms with Crippen LogP contribution >= 0.6 is 0 Å². The largest absolute Gasteiger partial charge is 0.471 e. The van der Waals surface area contributed by atoms with Crippen molar-refractivity contribution in [3.63, 3.8) is 0 Å². The lowest BCUT2D eigenvalue weighted by molar-refractivity contribution is 0.0794. The minimum Gasteiger partial charge on any atom is -0.471 e. The maximum Gasteiger partial charge on any atom is 0.272 e. The summed E-state index contributed by atoms with van der Waals surface area (Å²) in [5.41, 5.74) is 3.07. The Balaban J connectivity index is 1.77. The molecule has 1 N–H and O–H groups in total. The van der Waals surface area contributed by atoms with Gasteiger partial charge in [0, 0.05) is 31.3 Å². The molecule has 2 heterocycles. The van der Waals surface area contributed by atoms with Crippen LogP contribution in [0.25, 0.3) is 5.57 Å². The fraction of sp³-hybridized carbons (Fsp3) is 0.280. The van der Waals surface area contributed by atoms with E-state index >= 15 is 0 Å². The normalized spacial score (nSPS) is 14.2. The number of pyridine rings is 1. The van der Waals surface area contributed by atoms with Crippen LogP contribution in [0.4, 0.5) is 22.0 Å². The Hall–Kier alpha value is -3.49. The maximum absolute atomic E-state index is 14.9. The van der Waals surface area contributed by atoms with Gasteiger partial charge in [-0.15, -0.1) is 0 Å². The van der Waals surface area contributed by atoms with Crippen molar-refractivity contribution in [3.05, 3.63) is 88.9 Å². The molecule has 34 heavy (non-hydrogen) atoms. The molecular weight excluding hydrogens is 453 g/mol. The summed E-state index contributed by atoms with van der Waals surface area (Å²) < 4.78 is 69.9. The molecule has 1 aliphatic rings. The average molecular weight is 477 g/mol. The van der Waals surface area contributed by atoms with Gasteiger partial charge in [-0.2, -0.15) is 0 Å². The van der Waals surface area contributed by atoms with Gasteiger partial charge in [-0.25, -0.2) is 26.9 Å². The monoisotopic (exact) mass is 477 g/mol. The van der Waals surface area contributed by atoms with Crippen LogP contribution in [0.5, 0.6) is 5.88 Å². The molecular formula is C25H24F5N3O. The lowest BCUT2D eigenvalue weighted by Gasteiger charge is -2.19. The third-order valence-electron chi connectivity index (χ3n) is 5.23. The summed E-state index contributed by atoms with van der Waals surface area (Å²) in [6.45, 7) is 4.94. The quantitative estimate of drug-likeness (QED) is 0.319. The smallest absolute Gasteiger partial charge is 0.272 e. The Bertz CT molecular complexity index is 1130. The van der Waals surface area contributed by atoms with Gasteiger partial charge < -0.3 is 9.64 Å². The van der Waals surface area contributed by atoms with E-state index in [-0.39, 0.29) is 31.2 Å². The van der Waals surface area contributed by atoms with E-state index in [2.05, 4.69) is 11.6 Å². The van der Waals surface area contributed by atoms with Gasteiger partial charge in [0.1, 0.15) is 11.7 Å². The zero-order chi connectivity index (χ0) is 24.8. The number of benzene rings is 1. The first kappa shape index (κ1) is 25.1. The molecule has 1 aliphatic heterocycles. The number of alkyl halides is 4. The lowest BCUT2D eigenvalue weighted by atomic mass is 10.0. The first-order valence-electron chi connectivity index (χ1n) is 10.5. The molecule has 0 spiro atoms. The van der Waals surface area contributed by atoms with Crippen molar-refractivity contribution in [3.8, 4) is 5.88 Å². The van der Waals surface area contributed by atoms with Crippen LogP contribution in [0.1, 0.15) is 35.6 Å². The van der Waals surface area contributed by atoms with Crippen LogP contribution in [0.2, 0.25) is 0 Å². The Morgan fingerprint density at radius 1 is 1.24 bits per heavy atom. The van der Waals surface area contributed by atoms with Gasteiger partial charge >= 0.3 is 0 Å². The molecule has 0 saturated heterocycles. The Morgan fingerprint density at radius 2 is 2.00 bits per heavy atom. The minimum atomic E-state index is -2.67. The predicted molar refractivity (Wildman–Crippen MR) is 121 cm³/mol. The Labute approximate surface area is 194 Å². The van der Waals surface area contributed by atoms with Crippen LogP contribution in [0.15, 0.2) is 60.8 Å². The number of hydrogen-bond donors (Lipinski definition) is 1. The number of amidine groups is 1. The molecule has 2 aromatic rings. The van der Waals surface area contributed by atoms with Crippen LogP contribution in [-0.4, -0.2) is 35.2 Å². The highest BCUT2D eigenvalue weighted by atomic mass is 19.3. The molecule has 3 rings (SSSR count). The molecule has 1 aromatic heterocycles. The summed E-state index contributed by atoms with van der Waals surface area (Å²) in [7, 11) is 0. The second-order valence-corrected chi connectivity index (χ2v) is 7.74. The fourth-order valence-electron chi connectivity index (χ4n) is 3.59. The summed E-state index contributed by atoms with van der Waals surface area (Å²) in [5.74, 6) is -0.532. The van der Waals surface area contributed by atoms with Gasteiger partial charge in [0.15, 0.2) is 6.61 Å². The number of halogens is 5. The highest BCUT2D eigenvalue weighted by Crippen LogP contribution is 2.31. The van der Waals surface area contributed by atoms with Crippen molar-refractivity contribution in [2.75, 3.05) is 6.61 Å². The van der Waals surface area contributed by atoms with E-state index in [1.54, 1.807) is 36.1 Å². The van der Waals surface area contributed by atoms with Crippen LogP contribution < -0.4 is 4.74 Å². The van der Waals surface area contributed by atoms with Crippen molar-refractivity contribution in [2.24, 2.45) is 0 Å². The second kappa shape index (κ2) is 11.1. The van der Waals surface area contributed by atoms with Gasteiger partial charge in [-0.3, -0.25) is 5.41 Å². The lowest BCUT2D eigenvalue weighted by Crippen LogP contribution is -2.24. The number of allylic oxidation sites excluding steroid dienone is 5. The van der Waals surface area contributed by atoms with Crippen molar-refractivity contribution in [2.45, 2.75) is 39.3 Å². The molecule has 0 atom stereocenters. The minimum absolute atomic E-state index is 0.0160.